The highest BCUT2D eigenvalue weighted by Gasteiger charge is 2.53. The number of hydrogen-bond donors (Lipinski definition) is 1. The van der Waals surface area contributed by atoms with Crippen molar-refractivity contribution in [1.82, 2.24) is 0 Å². The summed E-state index contributed by atoms with van der Waals surface area (Å²) in [5.74, 6) is 1.88. The minimum absolute atomic E-state index is 0.202. The first-order chi connectivity index (χ1) is 8.10. The Morgan fingerprint density at radius 2 is 1.71 bits per heavy atom. The molecule has 2 aliphatic rings. The monoisotopic (exact) mass is 230 g/mol. The molecule has 2 unspecified atom stereocenters. The van der Waals surface area contributed by atoms with Crippen molar-refractivity contribution in [2.24, 2.45) is 17.3 Å². The zero-order valence-corrected chi connectivity index (χ0v) is 10.9. The van der Waals surface area contributed by atoms with Gasteiger partial charge in [-0.15, -0.1) is 0 Å². The molecule has 0 aromatic heterocycles. The lowest BCUT2D eigenvalue weighted by atomic mass is 9.78. The van der Waals surface area contributed by atoms with E-state index >= 15 is 0 Å². The fourth-order valence-electron chi connectivity index (χ4n) is 3.94. The van der Waals surface area contributed by atoms with E-state index in [2.05, 4.69) is 32.0 Å². The summed E-state index contributed by atoms with van der Waals surface area (Å²) in [5.41, 5.74) is 4.30. The molecule has 2 atom stereocenters. The van der Waals surface area contributed by atoms with Gasteiger partial charge in [-0.3, -0.25) is 0 Å². The highest BCUT2D eigenvalue weighted by Crippen LogP contribution is 2.60. The van der Waals surface area contributed by atoms with E-state index in [1.165, 1.54) is 36.0 Å². The van der Waals surface area contributed by atoms with Crippen molar-refractivity contribution < 1.29 is 5.11 Å². The standard InChI is InChI=1S/C16H22O/c1-11-3-12(2)5-13(4-11)7-16(10-17)8-14-6-15(14)9-16/h3-5,14-15,17H,6-10H2,1-2H3. The normalized spacial score (nSPS) is 34.8. The molecule has 1 aromatic rings. The van der Waals surface area contributed by atoms with Crippen molar-refractivity contribution in [3.63, 3.8) is 0 Å². The molecule has 0 spiro atoms. The first-order valence-corrected chi connectivity index (χ1v) is 6.78. The van der Waals surface area contributed by atoms with Crippen LogP contribution in [0.4, 0.5) is 0 Å². The Hall–Kier alpha value is -0.820. The Balaban J connectivity index is 1.80. The van der Waals surface area contributed by atoms with Gasteiger partial charge in [0.1, 0.15) is 0 Å². The Labute approximate surface area is 104 Å². The fraction of sp³-hybridized carbons (Fsp3) is 0.625. The molecule has 2 saturated carbocycles. The van der Waals surface area contributed by atoms with Crippen molar-refractivity contribution in [2.45, 2.75) is 39.5 Å². The van der Waals surface area contributed by atoms with Crippen LogP contribution in [0.15, 0.2) is 18.2 Å². The van der Waals surface area contributed by atoms with E-state index in [9.17, 15) is 5.11 Å². The maximum Gasteiger partial charge on any atom is 0.0490 e. The predicted octanol–water partition coefficient (Wildman–Crippen LogP) is 3.25. The number of aryl methyl sites for hydroxylation is 2. The molecule has 0 heterocycles. The largest absolute Gasteiger partial charge is 0.396 e. The van der Waals surface area contributed by atoms with E-state index in [0.717, 1.165) is 18.3 Å². The third kappa shape index (κ3) is 2.13. The van der Waals surface area contributed by atoms with Crippen LogP contribution < -0.4 is 0 Å². The summed E-state index contributed by atoms with van der Waals surface area (Å²) < 4.78 is 0. The molecule has 1 nitrogen and oxygen atoms in total. The molecular weight excluding hydrogens is 208 g/mol. The van der Waals surface area contributed by atoms with Crippen molar-refractivity contribution in [3.8, 4) is 0 Å². The number of hydrogen-bond acceptors (Lipinski definition) is 1. The second kappa shape index (κ2) is 3.84. The summed E-state index contributed by atoms with van der Waals surface area (Å²) in [4.78, 5) is 0. The topological polar surface area (TPSA) is 20.2 Å². The highest BCUT2D eigenvalue weighted by molar-refractivity contribution is 5.29. The Morgan fingerprint density at radius 1 is 1.12 bits per heavy atom. The van der Waals surface area contributed by atoms with Gasteiger partial charge in [0, 0.05) is 6.61 Å². The van der Waals surface area contributed by atoms with Gasteiger partial charge in [0.2, 0.25) is 0 Å². The molecule has 0 aliphatic heterocycles. The van der Waals surface area contributed by atoms with E-state index in [1.807, 2.05) is 0 Å². The first kappa shape index (κ1) is 11.3. The number of aliphatic hydroxyl groups is 1. The molecule has 0 bridgehead atoms. The fourth-order valence-corrected chi connectivity index (χ4v) is 3.94. The summed E-state index contributed by atoms with van der Waals surface area (Å²) in [6.45, 7) is 4.69. The van der Waals surface area contributed by atoms with E-state index in [-0.39, 0.29) is 5.41 Å². The van der Waals surface area contributed by atoms with Crippen LogP contribution in [0, 0.1) is 31.1 Å². The summed E-state index contributed by atoms with van der Waals surface area (Å²) in [7, 11) is 0. The van der Waals surface area contributed by atoms with Crippen LogP contribution in [0.2, 0.25) is 0 Å². The SMILES string of the molecule is Cc1cc(C)cc(CC2(CO)CC3CC3C2)c1. The second-order valence-corrected chi connectivity index (χ2v) is 6.49. The van der Waals surface area contributed by atoms with Crippen LogP contribution >= 0.6 is 0 Å². The van der Waals surface area contributed by atoms with E-state index in [4.69, 9.17) is 0 Å². The van der Waals surface area contributed by atoms with Gasteiger partial charge < -0.3 is 5.11 Å². The highest BCUT2D eigenvalue weighted by atomic mass is 16.3. The third-order valence-corrected chi connectivity index (χ3v) is 4.66. The lowest BCUT2D eigenvalue weighted by Gasteiger charge is -2.29. The molecule has 1 heteroatoms. The number of aliphatic hydroxyl groups excluding tert-OH is 1. The van der Waals surface area contributed by atoms with Gasteiger partial charge in [-0.1, -0.05) is 29.3 Å². The lowest BCUT2D eigenvalue weighted by molar-refractivity contribution is 0.117. The lowest BCUT2D eigenvalue weighted by Crippen LogP contribution is -2.26. The molecule has 17 heavy (non-hydrogen) atoms. The van der Waals surface area contributed by atoms with Gasteiger partial charge in [-0.2, -0.15) is 0 Å². The molecular formula is C16H22O. The van der Waals surface area contributed by atoms with Crippen molar-refractivity contribution in [2.75, 3.05) is 6.61 Å². The van der Waals surface area contributed by atoms with Crippen LogP contribution in [-0.4, -0.2) is 11.7 Å². The van der Waals surface area contributed by atoms with Gasteiger partial charge in [-0.25, -0.2) is 0 Å². The van der Waals surface area contributed by atoms with Gasteiger partial charge >= 0.3 is 0 Å². The molecule has 0 amide bonds. The maximum absolute atomic E-state index is 9.75. The smallest absolute Gasteiger partial charge is 0.0490 e. The van der Waals surface area contributed by atoms with Crippen LogP contribution in [0.1, 0.15) is 36.0 Å². The van der Waals surface area contributed by atoms with Crippen LogP contribution in [0.5, 0.6) is 0 Å². The summed E-state index contributed by atoms with van der Waals surface area (Å²) in [6, 6.07) is 6.80. The Morgan fingerprint density at radius 3 is 2.24 bits per heavy atom. The minimum atomic E-state index is 0.202. The second-order valence-electron chi connectivity index (χ2n) is 6.49. The van der Waals surface area contributed by atoms with Crippen LogP contribution in [0.3, 0.4) is 0 Å². The molecule has 0 radical (unpaired) electrons. The first-order valence-electron chi connectivity index (χ1n) is 6.78. The average Bonchev–Trinajstić information content (AvgIpc) is 2.85. The van der Waals surface area contributed by atoms with Crippen molar-refractivity contribution >= 4 is 0 Å². The van der Waals surface area contributed by atoms with Gasteiger partial charge in [0.25, 0.3) is 0 Å². The minimum Gasteiger partial charge on any atom is -0.396 e. The molecule has 2 aliphatic carbocycles. The number of rotatable bonds is 3. The third-order valence-electron chi connectivity index (χ3n) is 4.66. The zero-order chi connectivity index (χ0) is 12.0. The summed E-state index contributed by atoms with van der Waals surface area (Å²) >= 11 is 0. The van der Waals surface area contributed by atoms with E-state index in [1.54, 1.807) is 0 Å². The molecule has 3 rings (SSSR count). The quantitative estimate of drug-likeness (QED) is 0.845. The van der Waals surface area contributed by atoms with Gasteiger partial charge in [0.15, 0.2) is 0 Å². The average molecular weight is 230 g/mol. The molecule has 2 fully saturated rings. The maximum atomic E-state index is 9.75. The van der Waals surface area contributed by atoms with E-state index < -0.39 is 0 Å². The predicted molar refractivity (Wildman–Crippen MR) is 70.0 cm³/mol. The molecule has 1 aromatic carbocycles. The van der Waals surface area contributed by atoms with Gasteiger partial charge in [0.05, 0.1) is 0 Å². The number of benzene rings is 1. The molecule has 92 valence electrons. The number of fused-ring (bicyclic) bond motifs is 1. The van der Waals surface area contributed by atoms with Crippen molar-refractivity contribution in [3.05, 3.63) is 34.9 Å². The van der Waals surface area contributed by atoms with Crippen LogP contribution in [-0.2, 0) is 6.42 Å². The van der Waals surface area contributed by atoms with Gasteiger partial charge in [-0.05, 0) is 62.3 Å². The zero-order valence-electron chi connectivity index (χ0n) is 10.9. The molecule has 1 N–H and O–H groups in total. The van der Waals surface area contributed by atoms with Crippen LogP contribution in [0.25, 0.3) is 0 Å². The van der Waals surface area contributed by atoms with Crippen molar-refractivity contribution in [1.29, 1.82) is 0 Å². The Kier molecular flexibility index (Phi) is 2.55. The summed E-state index contributed by atoms with van der Waals surface area (Å²) in [6.07, 6.45) is 5.00. The summed E-state index contributed by atoms with van der Waals surface area (Å²) in [5, 5.41) is 9.75. The Bertz CT molecular complexity index is 405. The molecule has 0 saturated heterocycles. The van der Waals surface area contributed by atoms with E-state index in [0.29, 0.717) is 6.61 Å².